The minimum Gasteiger partial charge on any atom is -0.480 e. The van der Waals surface area contributed by atoms with Crippen molar-refractivity contribution in [2.24, 2.45) is 0 Å². The molecule has 3 rings (SSSR count). The third-order valence-electron chi connectivity index (χ3n) is 4.48. The summed E-state index contributed by atoms with van der Waals surface area (Å²) in [5.41, 5.74) is 1.17. The van der Waals surface area contributed by atoms with Crippen LogP contribution in [0, 0.1) is 0 Å². The summed E-state index contributed by atoms with van der Waals surface area (Å²) in [6.45, 7) is 4.97. The van der Waals surface area contributed by atoms with Gasteiger partial charge in [-0.05, 0) is 18.9 Å². The molecule has 1 fully saturated rings. The molecule has 0 aromatic carbocycles. The maximum atomic E-state index is 12.7. The van der Waals surface area contributed by atoms with Crippen LogP contribution in [0.3, 0.4) is 0 Å². The van der Waals surface area contributed by atoms with Crippen LogP contribution in [-0.4, -0.2) is 49.9 Å². The number of amides is 1. The molecule has 0 bridgehead atoms. The molecule has 1 aliphatic rings. The molecule has 2 aromatic heterocycles. The summed E-state index contributed by atoms with van der Waals surface area (Å²) in [4.78, 5) is 25.4. The molecule has 8 heteroatoms. The zero-order valence-electron chi connectivity index (χ0n) is 14.4. The Balaban J connectivity index is 1.73. The molecule has 0 aliphatic carbocycles. The number of carboxylic acids is 1. The van der Waals surface area contributed by atoms with E-state index in [-0.39, 0.29) is 24.3 Å². The summed E-state index contributed by atoms with van der Waals surface area (Å²) in [6.07, 6.45) is 3.35. The second-order valence-corrected chi connectivity index (χ2v) is 6.67. The van der Waals surface area contributed by atoms with E-state index in [1.165, 1.54) is 4.68 Å². The van der Waals surface area contributed by atoms with Crippen molar-refractivity contribution in [3.8, 4) is 0 Å². The zero-order valence-corrected chi connectivity index (χ0v) is 14.4. The van der Waals surface area contributed by atoms with Crippen LogP contribution in [0.1, 0.15) is 60.5 Å². The lowest BCUT2D eigenvalue weighted by molar-refractivity contribution is -0.137. The van der Waals surface area contributed by atoms with Gasteiger partial charge in [-0.1, -0.05) is 19.0 Å². The van der Waals surface area contributed by atoms with E-state index in [0.717, 1.165) is 18.5 Å². The van der Waals surface area contributed by atoms with Crippen LogP contribution in [0.4, 0.5) is 0 Å². The van der Waals surface area contributed by atoms with Crippen molar-refractivity contribution in [3.05, 3.63) is 35.5 Å². The van der Waals surface area contributed by atoms with Gasteiger partial charge in [-0.25, -0.2) is 0 Å². The van der Waals surface area contributed by atoms with E-state index in [1.54, 1.807) is 17.2 Å². The molecule has 2 aromatic rings. The molecule has 0 saturated carbocycles. The topological polar surface area (TPSA) is 101 Å². The van der Waals surface area contributed by atoms with Crippen molar-refractivity contribution in [2.75, 3.05) is 13.1 Å². The Labute approximate surface area is 145 Å². The molecule has 0 radical (unpaired) electrons. The van der Waals surface area contributed by atoms with E-state index >= 15 is 0 Å². The molecule has 25 heavy (non-hydrogen) atoms. The fourth-order valence-electron chi connectivity index (χ4n) is 3.18. The largest absolute Gasteiger partial charge is 0.480 e. The van der Waals surface area contributed by atoms with Crippen molar-refractivity contribution in [1.82, 2.24) is 19.8 Å². The highest BCUT2D eigenvalue weighted by Gasteiger charge is 2.29. The van der Waals surface area contributed by atoms with Gasteiger partial charge in [-0.2, -0.15) is 5.10 Å². The molecule has 1 N–H and O–H groups in total. The quantitative estimate of drug-likeness (QED) is 0.889. The van der Waals surface area contributed by atoms with Gasteiger partial charge in [0.05, 0.1) is 0 Å². The first-order valence-electron chi connectivity index (χ1n) is 8.45. The number of carboxylic acid groups (broad SMARTS) is 1. The molecular formula is C17H22N4O4. The highest BCUT2D eigenvalue weighted by atomic mass is 16.5. The van der Waals surface area contributed by atoms with Gasteiger partial charge in [0.2, 0.25) is 0 Å². The van der Waals surface area contributed by atoms with Crippen LogP contribution in [0.15, 0.2) is 22.9 Å². The SMILES string of the molecule is CC(C)c1cc(C(=O)N2CCCC(c3ccnn3CC(=O)O)C2)no1. The average molecular weight is 346 g/mol. The van der Waals surface area contributed by atoms with Crippen molar-refractivity contribution < 1.29 is 19.2 Å². The predicted octanol–water partition coefficient (Wildman–Crippen LogP) is 2.10. The van der Waals surface area contributed by atoms with E-state index in [0.29, 0.717) is 24.5 Å². The lowest BCUT2D eigenvalue weighted by Crippen LogP contribution is -2.39. The Hall–Kier alpha value is -2.64. The van der Waals surface area contributed by atoms with Crippen LogP contribution in [0.2, 0.25) is 0 Å². The highest BCUT2D eigenvalue weighted by molar-refractivity contribution is 5.92. The van der Waals surface area contributed by atoms with Gasteiger partial charge < -0.3 is 14.5 Å². The number of likely N-dealkylation sites (tertiary alicyclic amines) is 1. The van der Waals surface area contributed by atoms with Crippen molar-refractivity contribution in [2.45, 2.75) is 45.1 Å². The standard InChI is InChI=1S/C17H22N4O4/c1-11(2)15-8-13(19-25-15)17(24)20-7-3-4-12(9-20)14-5-6-18-21(14)10-16(22)23/h5-6,8,11-12H,3-4,7,9-10H2,1-2H3,(H,22,23). The maximum Gasteiger partial charge on any atom is 0.325 e. The first-order valence-corrected chi connectivity index (χ1v) is 8.45. The van der Waals surface area contributed by atoms with E-state index < -0.39 is 5.97 Å². The number of aliphatic carboxylic acids is 1. The smallest absolute Gasteiger partial charge is 0.325 e. The van der Waals surface area contributed by atoms with Gasteiger partial charge in [-0.3, -0.25) is 14.3 Å². The maximum absolute atomic E-state index is 12.7. The Bertz CT molecular complexity index is 764. The third-order valence-corrected chi connectivity index (χ3v) is 4.48. The van der Waals surface area contributed by atoms with Gasteiger partial charge in [0.15, 0.2) is 5.69 Å². The summed E-state index contributed by atoms with van der Waals surface area (Å²) >= 11 is 0. The minimum atomic E-state index is -0.933. The van der Waals surface area contributed by atoms with Crippen molar-refractivity contribution >= 4 is 11.9 Å². The van der Waals surface area contributed by atoms with E-state index in [1.807, 2.05) is 19.9 Å². The lowest BCUT2D eigenvalue weighted by atomic mass is 9.94. The van der Waals surface area contributed by atoms with Crippen LogP contribution in [-0.2, 0) is 11.3 Å². The van der Waals surface area contributed by atoms with Crippen LogP contribution < -0.4 is 0 Å². The number of rotatable bonds is 5. The fourth-order valence-corrected chi connectivity index (χ4v) is 3.18. The first kappa shape index (κ1) is 17.2. The summed E-state index contributed by atoms with van der Waals surface area (Å²) in [5, 5.41) is 17.0. The van der Waals surface area contributed by atoms with Gasteiger partial charge in [0.1, 0.15) is 12.3 Å². The molecule has 1 amide bonds. The zero-order chi connectivity index (χ0) is 18.0. The molecule has 8 nitrogen and oxygen atoms in total. The number of piperidine rings is 1. The average Bonchev–Trinajstić information content (AvgIpc) is 3.23. The summed E-state index contributed by atoms with van der Waals surface area (Å²) < 4.78 is 6.72. The van der Waals surface area contributed by atoms with Gasteiger partial charge in [-0.15, -0.1) is 0 Å². The number of hydrogen-bond donors (Lipinski definition) is 1. The summed E-state index contributed by atoms with van der Waals surface area (Å²) in [7, 11) is 0. The van der Waals surface area contributed by atoms with E-state index in [4.69, 9.17) is 9.63 Å². The first-order chi connectivity index (χ1) is 12.0. The van der Waals surface area contributed by atoms with Gasteiger partial charge in [0.25, 0.3) is 5.91 Å². The molecular weight excluding hydrogens is 324 g/mol. The molecule has 1 aliphatic heterocycles. The second-order valence-electron chi connectivity index (χ2n) is 6.67. The number of carbonyl (C=O) groups excluding carboxylic acids is 1. The number of carbonyl (C=O) groups is 2. The van der Waals surface area contributed by atoms with Crippen LogP contribution >= 0.6 is 0 Å². The Morgan fingerprint density at radius 2 is 2.24 bits per heavy atom. The molecule has 0 spiro atoms. The minimum absolute atomic E-state index is 0.0658. The Morgan fingerprint density at radius 3 is 2.92 bits per heavy atom. The monoisotopic (exact) mass is 346 g/mol. The molecule has 1 unspecified atom stereocenters. The van der Waals surface area contributed by atoms with Crippen molar-refractivity contribution in [1.29, 1.82) is 0 Å². The highest BCUT2D eigenvalue weighted by Crippen LogP contribution is 2.28. The number of nitrogens with zero attached hydrogens (tertiary/aromatic N) is 4. The second kappa shape index (κ2) is 7.08. The molecule has 3 heterocycles. The lowest BCUT2D eigenvalue weighted by Gasteiger charge is -2.32. The van der Waals surface area contributed by atoms with Crippen LogP contribution in [0.25, 0.3) is 0 Å². The molecule has 1 atom stereocenters. The Morgan fingerprint density at radius 1 is 1.44 bits per heavy atom. The fraction of sp³-hybridized carbons (Fsp3) is 0.529. The molecule has 1 saturated heterocycles. The van der Waals surface area contributed by atoms with E-state index in [9.17, 15) is 9.59 Å². The normalized spacial score (nSPS) is 17.9. The van der Waals surface area contributed by atoms with Gasteiger partial charge in [0, 0.05) is 42.9 Å². The third kappa shape index (κ3) is 3.72. The molecule has 134 valence electrons. The van der Waals surface area contributed by atoms with Crippen LogP contribution in [0.5, 0.6) is 0 Å². The van der Waals surface area contributed by atoms with E-state index in [2.05, 4.69) is 10.3 Å². The number of aromatic nitrogens is 3. The van der Waals surface area contributed by atoms with Crippen molar-refractivity contribution in [3.63, 3.8) is 0 Å². The predicted molar refractivity (Wildman–Crippen MR) is 88.3 cm³/mol. The summed E-state index contributed by atoms with van der Waals surface area (Å²) in [5.74, 6) is -0.150. The number of hydrogen-bond acceptors (Lipinski definition) is 5. The summed E-state index contributed by atoms with van der Waals surface area (Å²) in [6, 6.07) is 3.53. The Kier molecular flexibility index (Phi) is 4.87. The van der Waals surface area contributed by atoms with Gasteiger partial charge >= 0.3 is 5.97 Å².